The van der Waals surface area contributed by atoms with Gasteiger partial charge in [-0.25, -0.2) is 4.98 Å². The number of nitrogens with zero attached hydrogens (tertiary/aromatic N) is 3. The molecular formula is C16H22N4. The maximum Gasteiger partial charge on any atom is 0.105 e. The molecule has 1 saturated heterocycles. The smallest absolute Gasteiger partial charge is 0.105 e. The number of benzene rings is 1. The van der Waals surface area contributed by atoms with Gasteiger partial charge in [-0.05, 0) is 44.0 Å². The minimum Gasteiger partial charge on any atom is -0.399 e. The molecule has 2 heterocycles. The van der Waals surface area contributed by atoms with Crippen molar-refractivity contribution in [2.75, 3.05) is 12.3 Å². The van der Waals surface area contributed by atoms with Crippen LogP contribution < -0.4 is 5.73 Å². The summed E-state index contributed by atoms with van der Waals surface area (Å²) in [5, 5.41) is 0. The van der Waals surface area contributed by atoms with Crippen molar-refractivity contribution in [1.82, 2.24) is 14.5 Å². The molecule has 4 nitrogen and oxygen atoms in total. The van der Waals surface area contributed by atoms with E-state index in [4.69, 9.17) is 5.73 Å². The molecule has 0 saturated carbocycles. The van der Waals surface area contributed by atoms with Crippen LogP contribution in [0.2, 0.25) is 0 Å². The highest BCUT2D eigenvalue weighted by molar-refractivity contribution is 5.40. The lowest BCUT2D eigenvalue weighted by molar-refractivity contribution is 0.223. The molecule has 0 spiro atoms. The Labute approximate surface area is 120 Å². The van der Waals surface area contributed by atoms with Gasteiger partial charge in [0, 0.05) is 37.2 Å². The van der Waals surface area contributed by atoms with Crippen molar-refractivity contribution >= 4 is 5.69 Å². The lowest BCUT2D eigenvalue weighted by Crippen LogP contribution is -2.32. The second-order valence-corrected chi connectivity index (χ2v) is 5.64. The average molecular weight is 270 g/mol. The summed E-state index contributed by atoms with van der Waals surface area (Å²) < 4.78 is 2.25. The number of hydrogen-bond donors (Lipinski definition) is 1. The summed E-state index contributed by atoms with van der Waals surface area (Å²) in [6.07, 6.45) is 6.50. The van der Waals surface area contributed by atoms with Gasteiger partial charge in [-0.3, -0.25) is 4.90 Å². The number of nitrogen functional groups attached to an aromatic ring is 1. The van der Waals surface area contributed by atoms with Crippen LogP contribution in [0, 0.1) is 6.92 Å². The highest BCUT2D eigenvalue weighted by Gasteiger charge is 2.25. The molecule has 1 aliphatic rings. The Bertz CT molecular complexity index is 575. The minimum atomic E-state index is 0.601. The van der Waals surface area contributed by atoms with Gasteiger partial charge < -0.3 is 10.3 Å². The van der Waals surface area contributed by atoms with Crippen LogP contribution in [0.4, 0.5) is 5.69 Å². The van der Waals surface area contributed by atoms with Crippen LogP contribution in [0.1, 0.15) is 24.2 Å². The molecule has 1 unspecified atom stereocenters. The molecule has 4 heteroatoms. The van der Waals surface area contributed by atoms with Crippen molar-refractivity contribution in [2.24, 2.45) is 0 Å². The summed E-state index contributed by atoms with van der Waals surface area (Å²) in [6, 6.07) is 8.83. The Kier molecular flexibility index (Phi) is 3.74. The second kappa shape index (κ2) is 5.67. The van der Waals surface area contributed by atoms with Gasteiger partial charge in [-0.2, -0.15) is 0 Å². The van der Waals surface area contributed by atoms with Gasteiger partial charge in [-0.15, -0.1) is 0 Å². The average Bonchev–Trinajstić information content (AvgIpc) is 3.01. The fourth-order valence-electron chi connectivity index (χ4n) is 3.06. The number of likely N-dealkylation sites (tertiary alicyclic amines) is 1. The first-order chi connectivity index (χ1) is 9.72. The number of aromatic nitrogens is 2. The van der Waals surface area contributed by atoms with Crippen LogP contribution in [0.5, 0.6) is 0 Å². The van der Waals surface area contributed by atoms with Crippen molar-refractivity contribution in [2.45, 2.75) is 38.9 Å². The van der Waals surface area contributed by atoms with Crippen LogP contribution in [0.15, 0.2) is 36.7 Å². The van der Waals surface area contributed by atoms with Crippen molar-refractivity contribution in [3.63, 3.8) is 0 Å². The lowest BCUT2D eigenvalue weighted by atomic mass is 10.1. The Morgan fingerprint density at radius 3 is 3.05 bits per heavy atom. The zero-order chi connectivity index (χ0) is 13.9. The van der Waals surface area contributed by atoms with Gasteiger partial charge in [0.1, 0.15) is 5.82 Å². The maximum absolute atomic E-state index is 5.87. The fraction of sp³-hybridized carbons (Fsp3) is 0.438. The molecule has 0 amide bonds. The van der Waals surface area contributed by atoms with E-state index < -0.39 is 0 Å². The van der Waals surface area contributed by atoms with E-state index in [9.17, 15) is 0 Å². The molecule has 106 valence electrons. The predicted octanol–water partition coefficient (Wildman–Crippen LogP) is 2.44. The van der Waals surface area contributed by atoms with Crippen LogP contribution in [0.3, 0.4) is 0 Å². The van der Waals surface area contributed by atoms with Crippen molar-refractivity contribution in [3.8, 4) is 0 Å². The van der Waals surface area contributed by atoms with E-state index in [0.717, 1.165) is 24.6 Å². The summed E-state index contributed by atoms with van der Waals surface area (Å²) in [7, 11) is 0. The maximum atomic E-state index is 5.87. The fourth-order valence-corrected chi connectivity index (χ4v) is 3.06. The molecule has 0 aliphatic carbocycles. The van der Waals surface area contributed by atoms with E-state index in [2.05, 4.69) is 39.7 Å². The summed E-state index contributed by atoms with van der Waals surface area (Å²) in [4.78, 5) is 6.87. The Morgan fingerprint density at radius 1 is 1.40 bits per heavy atom. The zero-order valence-electron chi connectivity index (χ0n) is 12.0. The Balaban J connectivity index is 1.68. The van der Waals surface area contributed by atoms with Gasteiger partial charge in [0.05, 0.1) is 0 Å². The molecule has 2 aromatic rings. The van der Waals surface area contributed by atoms with Crippen LogP contribution in [0.25, 0.3) is 0 Å². The SMILES string of the molecule is Cc1nccn1CC1CCCN1Cc1cccc(N)c1. The number of nitrogens with two attached hydrogens (primary N) is 1. The largest absolute Gasteiger partial charge is 0.399 e. The number of imidazole rings is 1. The quantitative estimate of drug-likeness (QED) is 0.868. The van der Waals surface area contributed by atoms with Crippen LogP contribution >= 0.6 is 0 Å². The molecule has 20 heavy (non-hydrogen) atoms. The van der Waals surface area contributed by atoms with Gasteiger partial charge in [0.15, 0.2) is 0 Å². The van der Waals surface area contributed by atoms with E-state index >= 15 is 0 Å². The highest BCUT2D eigenvalue weighted by Crippen LogP contribution is 2.22. The summed E-state index contributed by atoms with van der Waals surface area (Å²) in [5.41, 5.74) is 8.02. The van der Waals surface area contributed by atoms with E-state index in [0.29, 0.717) is 6.04 Å². The summed E-state index contributed by atoms with van der Waals surface area (Å²) in [6.45, 7) is 5.27. The Hall–Kier alpha value is -1.81. The monoisotopic (exact) mass is 270 g/mol. The topological polar surface area (TPSA) is 47.1 Å². The molecule has 0 radical (unpaired) electrons. The van der Waals surface area contributed by atoms with Gasteiger partial charge >= 0.3 is 0 Å². The van der Waals surface area contributed by atoms with Gasteiger partial charge in [0.25, 0.3) is 0 Å². The van der Waals surface area contributed by atoms with E-state index in [-0.39, 0.29) is 0 Å². The van der Waals surface area contributed by atoms with Crippen LogP contribution in [-0.2, 0) is 13.1 Å². The molecule has 1 aromatic heterocycles. The number of hydrogen-bond acceptors (Lipinski definition) is 3. The summed E-state index contributed by atoms with van der Waals surface area (Å²) in [5.74, 6) is 1.10. The first-order valence-electron chi connectivity index (χ1n) is 7.28. The normalized spacial score (nSPS) is 19.6. The third kappa shape index (κ3) is 2.85. The van der Waals surface area contributed by atoms with E-state index in [1.807, 2.05) is 18.3 Å². The molecule has 1 atom stereocenters. The standard InChI is InChI=1S/C16H22N4/c1-13-18-7-9-19(13)12-16-6-3-8-20(16)11-14-4-2-5-15(17)10-14/h2,4-5,7,9-10,16H,3,6,8,11-12,17H2,1H3. The molecule has 2 N–H and O–H groups in total. The van der Waals surface area contributed by atoms with Gasteiger partial charge in [0.2, 0.25) is 0 Å². The first-order valence-corrected chi connectivity index (χ1v) is 7.28. The van der Waals surface area contributed by atoms with Crippen molar-refractivity contribution in [3.05, 3.63) is 48.0 Å². The van der Waals surface area contributed by atoms with Crippen LogP contribution in [-0.4, -0.2) is 27.0 Å². The highest BCUT2D eigenvalue weighted by atomic mass is 15.2. The molecule has 0 bridgehead atoms. The second-order valence-electron chi connectivity index (χ2n) is 5.64. The lowest BCUT2D eigenvalue weighted by Gasteiger charge is -2.25. The minimum absolute atomic E-state index is 0.601. The Morgan fingerprint density at radius 2 is 2.30 bits per heavy atom. The predicted molar refractivity (Wildman–Crippen MR) is 81.3 cm³/mol. The number of aryl methyl sites for hydroxylation is 1. The number of anilines is 1. The molecular weight excluding hydrogens is 248 g/mol. The zero-order valence-corrected chi connectivity index (χ0v) is 12.0. The molecule has 1 aliphatic heterocycles. The van der Waals surface area contributed by atoms with Crippen molar-refractivity contribution in [1.29, 1.82) is 0 Å². The molecule has 1 aromatic carbocycles. The molecule has 1 fully saturated rings. The van der Waals surface area contributed by atoms with E-state index in [1.165, 1.54) is 24.9 Å². The molecule has 3 rings (SSSR count). The van der Waals surface area contributed by atoms with E-state index in [1.54, 1.807) is 0 Å². The third-order valence-corrected chi connectivity index (χ3v) is 4.17. The number of rotatable bonds is 4. The first kappa shape index (κ1) is 13.2. The van der Waals surface area contributed by atoms with Gasteiger partial charge in [-0.1, -0.05) is 12.1 Å². The summed E-state index contributed by atoms with van der Waals surface area (Å²) >= 11 is 0. The third-order valence-electron chi connectivity index (χ3n) is 4.17. The van der Waals surface area contributed by atoms with Crippen molar-refractivity contribution < 1.29 is 0 Å².